The molecule has 0 atom stereocenters. The third kappa shape index (κ3) is 1.80. The van der Waals surface area contributed by atoms with Crippen molar-refractivity contribution in [1.29, 1.82) is 0 Å². The van der Waals surface area contributed by atoms with Gasteiger partial charge in [-0.15, -0.1) is 10.2 Å². The van der Waals surface area contributed by atoms with Crippen LogP contribution < -0.4 is 5.32 Å². The highest BCUT2D eigenvalue weighted by Crippen LogP contribution is 2.38. The lowest BCUT2D eigenvalue weighted by Gasteiger charge is -2.35. The second-order valence-electron chi connectivity index (χ2n) is 4.94. The Balaban J connectivity index is 2.10. The summed E-state index contributed by atoms with van der Waals surface area (Å²) in [6.45, 7) is 4.10. The average molecular weight is 243 g/mol. The summed E-state index contributed by atoms with van der Waals surface area (Å²) in [6.07, 6.45) is 2.02. The molecule has 94 valence electrons. The molecule has 0 bridgehead atoms. The van der Waals surface area contributed by atoms with Crippen molar-refractivity contribution < 1.29 is 0 Å². The van der Waals surface area contributed by atoms with Crippen molar-refractivity contribution in [3.8, 4) is 0 Å². The fourth-order valence-corrected chi connectivity index (χ4v) is 2.80. The number of H-pyrrole nitrogens is 1. The van der Waals surface area contributed by atoms with Crippen LogP contribution in [0.1, 0.15) is 29.8 Å². The number of aryl methyl sites for hydroxylation is 1. The molecule has 0 amide bonds. The van der Waals surface area contributed by atoms with Gasteiger partial charge in [-0.05, 0) is 38.4 Å². The molecule has 0 aliphatic carbocycles. The standard InChI is InChI=1S/C13H17N5/c1-10-3-2-4-11(9-10)13(5-7-14-8-6-13)12-15-17-18-16-12/h2-4,9,14H,5-8H2,1H3,(H,15,16,17,18). The van der Waals surface area contributed by atoms with Gasteiger partial charge >= 0.3 is 0 Å². The van der Waals surface area contributed by atoms with Crippen molar-refractivity contribution in [3.63, 3.8) is 0 Å². The minimum absolute atomic E-state index is 0.0930. The number of rotatable bonds is 2. The van der Waals surface area contributed by atoms with Crippen LogP contribution in [0.4, 0.5) is 0 Å². The van der Waals surface area contributed by atoms with Gasteiger partial charge in [0.15, 0.2) is 5.82 Å². The molecule has 1 aromatic heterocycles. The second kappa shape index (κ2) is 4.49. The molecule has 1 aromatic carbocycles. The van der Waals surface area contributed by atoms with E-state index in [9.17, 15) is 0 Å². The topological polar surface area (TPSA) is 66.5 Å². The lowest BCUT2D eigenvalue weighted by Crippen LogP contribution is -2.41. The first-order valence-corrected chi connectivity index (χ1v) is 6.33. The summed E-state index contributed by atoms with van der Waals surface area (Å²) in [4.78, 5) is 0. The Kier molecular flexibility index (Phi) is 2.83. The lowest BCUT2D eigenvalue weighted by atomic mass is 9.72. The van der Waals surface area contributed by atoms with Crippen LogP contribution in [-0.2, 0) is 5.41 Å². The number of aromatic nitrogens is 4. The largest absolute Gasteiger partial charge is 0.317 e. The molecular formula is C13H17N5. The third-order valence-electron chi connectivity index (χ3n) is 3.80. The zero-order valence-electron chi connectivity index (χ0n) is 10.5. The maximum Gasteiger partial charge on any atom is 0.185 e. The van der Waals surface area contributed by atoms with Crippen molar-refractivity contribution in [3.05, 3.63) is 41.2 Å². The predicted molar refractivity (Wildman–Crippen MR) is 68.2 cm³/mol. The van der Waals surface area contributed by atoms with Crippen LogP contribution in [0.25, 0.3) is 0 Å². The Morgan fingerprint density at radius 2 is 2.06 bits per heavy atom. The predicted octanol–water partition coefficient (Wildman–Crippen LogP) is 1.18. The number of benzene rings is 1. The highest BCUT2D eigenvalue weighted by Gasteiger charge is 2.39. The van der Waals surface area contributed by atoms with Gasteiger partial charge in [-0.2, -0.15) is 5.21 Å². The number of aromatic amines is 1. The summed E-state index contributed by atoms with van der Waals surface area (Å²) in [5, 5.41) is 18.2. The van der Waals surface area contributed by atoms with Crippen LogP contribution in [0.15, 0.2) is 24.3 Å². The van der Waals surface area contributed by atoms with E-state index < -0.39 is 0 Å². The highest BCUT2D eigenvalue weighted by atomic mass is 15.5. The van der Waals surface area contributed by atoms with Gasteiger partial charge in [0, 0.05) is 0 Å². The van der Waals surface area contributed by atoms with E-state index in [1.807, 2.05) is 0 Å². The van der Waals surface area contributed by atoms with E-state index in [4.69, 9.17) is 0 Å². The van der Waals surface area contributed by atoms with Gasteiger partial charge in [0.2, 0.25) is 0 Å². The summed E-state index contributed by atoms with van der Waals surface area (Å²) < 4.78 is 0. The Hall–Kier alpha value is -1.75. The molecule has 2 aromatic rings. The Morgan fingerprint density at radius 3 is 2.72 bits per heavy atom. The minimum Gasteiger partial charge on any atom is -0.317 e. The van der Waals surface area contributed by atoms with Crippen LogP contribution >= 0.6 is 0 Å². The summed E-state index contributed by atoms with van der Waals surface area (Å²) in [5.74, 6) is 0.814. The first-order valence-electron chi connectivity index (χ1n) is 6.33. The maximum absolute atomic E-state index is 4.24. The molecule has 0 radical (unpaired) electrons. The number of nitrogens with zero attached hydrogens (tertiary/aromatic N) is 3. The third-order valence-corrected chi connectivity index (χ3v) is 3.80. The first kappa shape index (κ1) is 11.3. The quantitative estimate of drug-likeness (QED) is 0.831. The molecule has 1 fully saturated rings. The lowest BCUT2D eigenvalue weighted by molar-refractivity contribution is 0.345. The van der Waals surface area contributed by atoms with Crippen LogP contribution in [0.3, 0.4) is 0 Å². The molecule has 18 heavy (non-hydrogen) atoms. The van der Waals surface area contributed by atoms with Gasteiger partial charge in [-0.1, -0.05) is 35.0 Å². The van der Waals surface area contributed by atoms with Crippen molar-refractivity contribution in [2.75, 3.05) is 13.1 Å². The molecule has 1 saturated heterocycles. The molecule has 0 saturated carbocycles. The van der Waals surface area contributed by atoms with E-state index in [2.05, 4.69) is 57.1 Å². The van der Waals surface area contributed by atoms with E-state index in [1.165, 1.54) is 11.1 Å². The number of tetrazole rings is 1. The fraction of sp³-hybridized carbons (Fsp3) is 0.462. The molecule has 2 heterocycles. The minimum atomic E-state index is -0.0930. The molecule has 0 unspecified atom stereocenters. The Labute approximate surface area is 106 Å². The molecule has 0 spiro atoms. The Morgan fingerprint density at radius 1 is 1.22 bits per heavy atom. The zero-order valence-corrected chi connectivity index (χ0v) is 10.5. The number of piperidine rings is 1. The smallest absolute Gasteiger partial charge is 0.185 e. The zero-order chi connectivity index (χ0) is 12.4. The van der Waals surface area contributed by atoms with E-state index in [0.717, 1.165) is 31.8 Å². The van der Waals surface area contributed by atoms with Crippen LogP contribution in [0.5, 0.6) is 0 Å². The fourth-order valence-electron chi connectivity index (χ4n) is 2.80. The van der Waals surface area contributed by atoms with Crippen LogP contribution in [0.2, 0.25) is 0 Å². The number of hydrogen-bond donors (Lipinski definition) is 2. The van der Waals surface area contributed by atoms with Gasteiger partial charge in [-0.3, -0.25) is 0 Å². The molecule has 3 rings (SSSR count). The monoisotopic (exact) mass is 243 g/mol. The molecule has 5 nitrogen and oxygen atoms in total. The second-order valence-corrected chi connectivity index (χ2v) is 4.94. The summed E-state index contributed by atoms with van der Waals surface area (Å²) in [5.41, 5.74) is 2.48. The normalized spacial score (nSPS) is 18.7. The van der Waals surface area contributed by atoms with Crippen LogP contribution in [0, 0.1) is 6.92 Å². The SMILES string of the molecule is Cc1cccc(C2(c3nn[nH]n3)CCNCC2)c1. The van der Waals surface area contributed by atoms with Gasteiger partial charge in [0.25, 0.3) is 0 Å². The van der Waals surface area contributed by atoms with Crippen LogP contribution in [-0.4, -0.2) is 33.7 Å². The van der Waals surface area contributed by atoms with Crippen molar-refractivity contribution in [1.82, 2.24) is 25.9 Å². The highest BCUT2D eigenvalue weighted by molar-refractivity contribution is 5.35. The van der Waals surface area contributed by atoms with E-state index in [-0.39, 0.29) is 5.41 Å². The molecule has 1 aliphatic rings. The molecular weight excluding hydrogens is 226 g/mol. The van der Waals surface area contributed by atoms with Gasteiger partial charge in [-0.25, -0.2) is 0 Å². The maximum atomic E-state index is 4.24. The average Bonchev–Trinajstić information content (AvgIpc) is 2.94. The van der Waals surface area contributed by atoms with Crippen molar-refractivity contribution >= 4 is 0 Å². The number of hydrogen-bond acceptors (Lipinski definition) is 4. The van der Waals surface area contributed by atoms with E-state index in [0.29, 0.717) is 0 Å². The summed E-state index contributed by atoms with van der Waals surface area (Å²) >= 11 is 0. The summed E-state index contributed by atoms with van der Waals surface area (Å²) in [6, 6.07) is 8.64. The first-order chi connectivity index (χ1) is 8.81. The van der Waals surface area contributed by atoms with Gasteiger partial charge < -0.3 is 5.32 Å². The number of nitrogens with one attached hydrogen (secondary N) is 2. The van der Waals surface area contributed by atoms with Crippen molar-refractivity contribution in [2.45, 2.75) is 25.2 Å². The van der Waals surface area contributed by atoms with E-state index >= 15 is 0 Å². The Bertz CT molecular complexity index is 514. The van der Waals surface area contributed by atoms with Gasteiger partial charge in [0.05, 0.1) is 5.41 Å². The van der Waals surface area contributed by atoms with Gasteiger partial charge in [0.1, 0.15) is 0 Å². The molecule has 5 heteroatoms. The molecule has 1 aliphatic heterocycles. The molecule has 2 N–H and O–H groups in total. The van der Waals surface area contributed by atoms with E-state index in [1.54, 1.807) is 0 Å². The summed E-state index contributed by atoms with van der Waals surface area (Å²) in [7, 11) is 0. The van der Waals surface area contributed by atoms with Crippen molar-refractivity contribution in [2.24, 2.45) is 0 Å².